The Balaban J connectivity index is 2.04. The molecule has 2 nitrogen and oxygen atoms in total. The molecule has 3 heteroatoms. The van der Waals surface area contributed by atoms with Crippen LogP contribution in [0.2, 0.25) is 0 Å². The number of halogens is 1. The molecule has 0 unspecified atom stereocenters. The first-order chi connectivity index (χ1) is 9.24. The lowest BCUT2D eigenvalue weighted by Gasteiger charge is -2.02. The lowest BCUT2D eigenvalue weighted by Crippen LogP contribution is -1.98. The molecule has 3 rings (SSSR count). The van der Waals surface area contributed by atoms with Crippen molar-refractivity contribution in [2.45, 2.75) is 6.92 Å². The van der Waals surface area contributed by atoms with Crippen LogP contribution in [-0.4, -0.2) is 9.78 Å². The molecular weight excluding hydrogens is 239 g/mol. The molecule has 0 N–H and O–H groups in total. The van der Waals surface area contributed by atoms with Crippen LogP contribution in [0.5, 0.6) is 0 Å². The average Bonchev–Trinajstić information content (AvgIpc) is 2.83. The number of rotatable bonds is 2. The normalized spacial score (nSPS) is 10.6. The number of nitrogens with zero attached hydrogens (tertiary/aromatic N) is 2. The summed E-state index contributed by atoms with van der Waals surface area (Å²) in [5, 5.41) is 4.57. The predicted molar refractivity (Wildman–Crippen MR) is 73.7 cm³/mol. The molecule has 0 aliphatic rings. The van der Waals surface area contributed by atoms with Crippen molar-refractivity contribution < 1.29 is 4.39 Å². The Morgan fingerprint density at radius 3 is 2.32 bits per heavy atom. The number of aromatic nitrogens is 2. The molecule has 0 aliphatic heterocycles. The number of hydrogen-bond acceptors (Lipinski definition) is 1. The van der Waals surface area contributed by atoms with E-state index >= 15 is 0 Å². The molecule has 0 aliphatic carbocycles. The Bertz CT molecular complexity index is 685. The molecule has 19 heavy (non-hydrogen) atoms. The molecule has 0 radical (unpaired) electrons. The van der Waals surface area contributed by atoms with Gasteiger partial charge in [0.2, 0.25) is 0 Å². The minimum atomic E-state index is -0.233. The molecule has 0 saturated heterocycles. The van der Waals surface area contributed by atoms with Crippen LogP contribution in [0.1, 0.15) is 5.69 Å². The number of aryl methyl sites for hydroxylation is 1. The Hall–Kier alpha value is -2.42. The standard InChI is InChI=1S/C16H13FN2/c1-12-11-16(13-7-9-14(17)10-8-13)18-19(12)15-5-3-2-4-6-15/h2-11H,1H3. The molecule has 0 fully saturated rings. The second-order valence-corrected chi connectivity index (χ2v) is 4.43. The quantitative estimate of drug-likeness (QED) is 0.674. The maximum atomic E-state index is 12.9. The van der Waals surface area contributed by atoms with E-state index in [1.807, 2.05) is 48.0 Å². The van der Waals surface area contributed by atoms with E-state index in [-0.39, 0.29) is 5.82 Å². The van der Waals surface area contributed by atoms with Crippen molar-refractivity contribution in [3.63, 3.8) is 0 Å². The summed E-state index contributed by atoms with van der Waals surface area (Å²) < 4.78 is 14.8. The molecule has 94 valence electrons. The summed E-state index contributed by atoms with van der Waals surface area (Å²) in [6.45, 7) is 2.01. The van der Waals surface area contributed by atoms with Crippen molar-refractivity contribution in [2.24, 2.45) is 0 Å². The van der Waals surface area contributed by atoms with Crippen LogP contribution >= 0.6 is 0 Å². The fraction of sp³-hybridized carbons (Fsp3) is 0.0625. The van der Waals surface area contributed by atoms with Crippen molar-refractivity contribution in [3.05, 3.63) is 72.2 Å². The zero-order chi connectivity index (χ0) is 13.2. The zero-order valence-corrected chi connectivity index (χ0v) is 10.5. The van der Waals surface area contributed by atoms with Gasteiger partial charge >= 0.3 is 0 Å². The SMILES string of the molecule is Cc1cc(-c2ccc(F)cc2)nn1-c1ccccc1. The fourth-order valence-corrected chi connectivity index (χ4v) is 2.07. The van der Waals surface area contributed by atoms with Gasteiger partial charge in [-0.1, -0.05) is 18.2 Å². The number of benzene rings is 2. The first-order valence-electron chi connectivity index (χ1n) is 6.12. The molecule has 1 aromatic heterocycles. The maximum absolute atomic E-state index is 12.9. The van der Waals surface area contributed by atoms with Crippen molar-refractivity contribution >= 4 is 0 Å². The van der Waals surface area contributed by atoms with Crippen LogP contribution in [-0.2, 0) is 0 Å². The zero-order valence-electron chi connectivity index (χ0n) is 10.5. The fourth-order valence-electron chi connectivity index (χ4n) is 2.07. The van der Waals surface area contributed by atoms with Gasteiger partial charge in [-0.25, -0.2) is 9.07 Å². The van der Waals surface area contributed by atoms with Crippen LogP contribution in [0, 0.1) is 12.7 Å². The topological polar surface area (TPSA) is 17.8 Å². The second-order valence-electron chi connectivity index (χ2n) is 4.43. The van der Waals surface area contributed by atoms with E-state index in [9.17, 15) is 4.39 Å². The minimum Gasteiger partial charge on any atom is -0.237 e. The molecule has 0 atom stereocenters. The highest BCUT2D eigenvalue weighted by Gasteiger charge is 2.07. The number of hydrogen-bond donors (Lipinski definition) is 0. The predicted octanol–water partition coefficient (Wildman–Crippen LogP) is 3.99. The lowest BCUT2D eigenvalue weighted by molar-refractivity contribution is 0.628. The number of para-hydroxylation sites is 1. The third-order valence-electron chi connectivity index (χ3n) is 3.03. The smallest absolute Gasteiger partial charge is 0.123 e. The van der Waals surface area contributed by atoms with E-state index in [0.29, 0.717) is 0 Å². The molecule has 0 spiro atoms. The first-order valence-corrected chi connectivity index (χ1v) is 6.12. The summed E-state index contributed by atoms with van der Waals surface area (Å²) in [7, 11) is 0. The van der Waals surface area contributed by atoms with Crippen LogP contribution in [0.15, 0.2) is 60.7 Å². The monoisotopic (exact) mass is 252 g/mol. The highest BCUT2D eigenvalue weighted by molar-refractivity contribution is 5.59. The van der Waals surface area contributed by atoms with Crippen molar-refractivity contribution in [1.82, 2.24) is 9.78 Å². The molecule has 0 saturated carbocycles. The van der Waals surface area contributed by atoms with Crippen molar-refractivity contribution in [1.29, 1.82) is 0 Å². The Labute approximate surface area is 111 Å². The molecule has 3 aromatic rings. The van der Waals surface area contributed by atoms with Gasteiger partial charge in [0, 0.05) is 11.3 Å². The van der Waals surface area contributed by atoms with E-state index in [0.717, 1.165) is 22.6 Å². The van der Waals surface area contributed by atoms with E-state index in [4.69, 9.17) is 0 Å². The molecule has 2 aromatic carbocycles. The summed E-state index contributed by atoms with van der Waals surface area (Å²) in [5.74, 6) is -0.233. The highest BCUT2D eigenvalue weighted by atomic mass is 19.1. The van der Waals surface area contributed by atoms with Gasteiger partial charge in [0.05, 0.1) is 11.4 Å². The van der Waals surface area contributed by atoms with Gasteiger partial charge in [0.1, 0.15) is 5.82 Å². The molecule has 1 heterocycles. The van der Waals surface area contributed by atoms with E-state index in [1.54, 1.807) is 12.1 Å². The Morgan fingerprint density at radius 1 is 0.947 bits per heavy atom. The van der Waals surface area contributed by atoms with Crippen LogP contribution in [0.3, 0.4) is 0 Å². The Morgan fingerprint density at radius 2 is 1.63 bits per heavy atom. The highest BCUT2D eigenvalue weighted by Crippen LogP contribution is 2.21. The van der Waals surface area contributed by atoms with Crippen molar-refractivity contribution in [3.8, 4) is 16.9 Å². The molecular formula is C16H13FN2. The van der Waals surface area contributed by atoms with Gasteiger partial charge in [0.25, 0.3) is 0 Å². The third-order valence-corrected chi connectivity index (χ3v) is 3.03. The van der Waals surface area contributed by atoms with Gasteiger partial charge in [-0.2, -0.15) is 5.10 Å². The van der Waals surface area contributed by atoms with Gasteiger partial charge in [-0.05, 0) is 49.4 Å². The van der Waals surface area contributed by atoms with E-state index in [1.165, 1.54) is 12.1 Å². The lowest BCUT2D eigenvalue weighted by atomic mass is 10.1. The Kier molecular flexibility index (Phi) is 2.88. The summed E-state index contributed by atoms with van der Waals surface area (Å²) in [5.41, 5.74) is 3.83. The van der Waals surface area contributed by atoms with Gasteiger partial charge in [-0.3, -0.25) is 0 Å². The van der Waals surface area contributed by atoms with Crippen LogP contribution in [0.4, 0.5) is 4.39 Å². The minimum absolute atomic E-state index is 0.233. The third kappa shape index (κ3) is 2.27. The van der Waals surface area contributed by atoms with Gasteiger partial charge in [-0.15, -0.1) is 0 Å². The van der Waals surface area contributed by atoms with Crippen LogP contribution in [0.25, 0.3) is 16.9 Å². The summed E-state index contributed by atoms with van der Waals surface area (Å²) in [4.78, 5) is 0. The van der Waals surface area contributed by atoms with E-state index < -0.39 is 0 Å². The largest absolute Gasteiger partial charge is 0.237 e. The molecule has 0 amide bonds. The summed E-state index contributed by atoms with van der Waals surface area (Å²) in [6.07, 6.45) is 0. The maximum Gasteiger partial charge on any atom is 0.123 e. The van der Waals surface area contributed by atoms with Gasteiger partial charge < -0.3 is 0 Å². The second kappa shape index (κ2) is 4.69. The van der Waals surface area contributed by atoms with Crippen molar-refractivity contribution in [2.75, 3.05) is 0 Å². The summed E-state index contributed by atoms with van der Waals surface area (Å²) in [6, 6.07) is 18.3. The van der Waals surface area contributed by atoms with Crippen LogP contribution < -0.4 is 0 Å². The van der Waals surface area contributed by atoms with Gasteiger partial charge in [0.15, 0.2) is 0 Å². The molecule has 0 bridgehead atoms. The van der Waals surface area contributed by atoms with E-state index in [2.05, 4.69) is 5.10 Å². The first kappa shape index (κ1) is 11.7. The summed E-state index contributed by atoms with van der Waals surface area (Å²) >= 11 is 0. The average molecular weight is 252 g/mol.